The maximum atomic E-state index is 12.4. The first-order chi connectivity index (χ1) is 14.0. The van der Waals surface area contributed by atoms with Crippen molar-refractivity contribution >= 4 is 45.5 Å². The van der Waals surface area contributed by atoms with Gasteiger partial charge in [0.2, 0.25) is 11.0 Å². The van der Waals surface area contributed by atoms with Crippen molar-refractivity contribution in [1.82, 2.24) is 10.2 Å². The summed E-state index contributed by atoms with van der Waals surface area (Å²) >= 11 is 2.85. The van der Waals surface area contributed by atoms with Gasteiger partial charge in [-0.05, 0) is 55.0 Å². The number of amides is 1. The zero-order valence-electron chi connectivity index (χ0n) is 17.2. The molecule has 7 heteroatoms. The number of thioether (sulfide) groups is 1. The standard InChI is InChI=1S/C22H26N4OS2/c1-5-14(2)17-10-6-7-11-19(17)23-20(27)13-28-22-26-25-21(29-22)24-18-12-8-9-15(3)16(18)4/h6-12,14H,5,13H2,1-4H3,(H,23,27)(H,24,25). The van der Waals surface area contributed by atoms with Crippen LogP contribution in [0.1, 0.15) is 42.9 Å². The Balaban J connectivity index is 1.57. The number of aromatic nitrogens is 2. The highest BCUT2D eigenvalue weighted by molar-refractivity contribution is 8.01. The zero-order valence-corrected chi connectivity index (χ0v) is 18.8. The fourth-order valence-electron chi connectivity index (χ4n) is 2.89. The maximum absolute atomic E-state index is 12.4. The number of para-hydroxylation sites is 1. The lowest BCUT2D eigenvalue weighted by molar-refractivity contribution is -0.113. The monoisotopic (exact) mass is 426 g/mol. The van der Waals surface area contributed by atoms with Crippen LogP contribution in [0.15, 0.2) is 46.8 Å². The fourth-order valence-corrected chi connectivity index (χ4v) is 4.46. The Morgan fingerprint density at radius 2 is 1.86 bits per heavy atom. The third kappa shape index (κ3) is 5.58. The molecule has 0 aliphatic carbocycles. The van der Waals surface area contributed by atoms with Crippen molar-refractivity contribution < 1.29 is 4.79 Å². The number of nitrogens with zero attached hydrogens (tertiary/aromatic N) is 2. The van der Waals surface area contributed by atoms with Gasteiger partial charge >= 0.3 is 0 Å². The van der Waals surface area contributed by atoms with Crippen LogP contribution >= 0.6 is 23.1 Å². The molecule has 1 amide bonds. The molecular formula is C22H26N4OS2. The van der Waals surface area contributed by atoms with Crippen LogP contribution in [0, 0.1) is 13.8 Å². The lowest BCUT2D eigenvalue weighted by Gasteiger charge is -2.15. The number of hydrogen-bond acceptors (Lipinski definition) is 6. The summed E-state index contributed by atoms with van der Waals surface area (Å²) in [5, 5.41) is 15.5. The fraction of sp³-hybridized carbons (Fsp3) is 0.318. The van der Waals surface area contributed by atoms with Crippen molar-refractivity contribution in [2.45, 2.75) is 44.4 Å². The number of anilines is 3. The van der Waals surface area contributed by atoms with Crippen molar-refractivity contribution in [3.8, 4) is 0 Å². The van der Waals surface area contributed by atoms with E-state index in [2.05, 4.69) is 60.7 Å². The van der Waals surface area contributed by atoms with Gasteiger partial charge in [0, 0.05) is 11.4 Å². The molecule has 5 nitrogen and oxygen atoms in total. The van der Waals surface area contributed by atoms with Crippen LogP contribution in [-0.4, -0.2) is 21.9 Å². The van der Waals surface area contributed by atoms with Crippen LogP contribution in [0.5, 0.6) is 0 Å². The topological polar surface area (TPSA) is 66.9 Å². The molecule has 1 atom stereocenters. The molecule has 0 radical (unpaired) electrons. The molecule has 0 bridgehead atoms. The second-order valence-electron chi connectivity index (χ2n) is 6.98. The smallest absolute Gasteiger partial charge is 0.234 e. The molecule has 1 aromatic heterocycles. The van der Waals surface area contributed by atoms with E-state index in [1.807, 2.05) is 30.3 Å². The molecule has 0 saturated carbocycles. The number of carbonyl (C=O) groups is 1. The summed E-state index contributed by atoms with van der Waals surface area (Å²) in [6.45, 7) is 8.49. The van der Waals surface area contributed by atoms with Crippen molar-refractivity contribution in [3.63, 3.8) is 0 Å². The van der Waals surface area contributed by atoms with Gasteiger partial charge in [0.15, 0.2) is 4.34 Å². The average Bonchev–Trinajstić information content (AvgIpc) is 3.17. The highest BCUT2D eigenvalue weighted by Crippen LogP contribution is 2.30. The molecular weight excluding hydrogens is 400 g/mol. The van der Waals surface area contributed by atoms with Crippen molar-refractivity contribution in [2.75, 3.05) is 16.4 Å². The van der Waals surface area contributed by atoms with Crippen molar-refractivity contribution in [3.05, 3.63) is 59.2 Å². The van der Waals surface area contributed by atoms with E-state index in [1.54, 1.807) is 0 Å². The Labute approximate surface area is 180 Å². The van der Waals surface area contributed by atoms with Crippen LogP contribution in [-0.2, 0) is 4.79 Å². The summed E-state index contributed by atoms with van der Waals surface area (Å²) in [7, 11) is 0. The number of hydrogen-bond donors (Lipinski definition) is 2. The summed E-state index contributed by atoms with van der Waals surface area (Å²) in [5.41, 5.74) is 5.50. The number of aryl methyl sites for hydroxylation is 1. The number of carbonyl (C=O) groups excluding carboxylic acids is 1. The van der Waals surface area contributed by atoms with Gasteiger partial charge in [0.25, 0.3) is 0 Å². The minimum atomic E-state index is -0.0370. The molecule has 0 fully saturated rings. The van der Waals surface area contributed by atoms with E-state index in [1.165, 1.54) is 39.8 Å². The summed E-state index contributed by atoms with van der Waals surface area (Å²) in [6, 6.07) is 14.1. The predicted octanol–water partition coefficient (Wildman–Crippen LogP) is 6.14. The van der Waals surface area contributed by atoms with Crippen LogP contribution in [0.3, 0.4) is 0 Å². The van der Waals surface area contributed by atoms with Gasteiger partial charge in [-0.25, -0.2) is 0 Å². The van der Waals surface area contributed by atoms with Crippen LogP contribution < -0.4 is 10.6 Å². The maximum Gasteiger partial charge on any atom is 0.234 e. The van der Waals surface area contributed by atoms with E-state index in [-0.39, 0.29) is 5.91 Å². The number of nitrogens with one attached hydrogen (secondary N) is 2. The molecule has 2 N–H and O–H groups in total. The van der Waals surface area contributed by atoms with Gasteiger partial charge in [-0.1, -0.05) is 67.3 Å². The minimum Gasteiger partial charge on any atom is -0.330 e. The molecule has 3 aromatic rings. The number of benzene rings is 2. The van der Waals surface area contributed by atoms with Gasteiger partial charge < -0.3 is 10.6 Å². The molecule has 3 rings (SSSR count). The molecule has 29 heavy (non-hydrogen) atoms. The molecule has 1 heterocycles. The van der Waals surface area contributed by atoms with Gasteiger partial charge in [-0.2, -0.15) is 0 Å². The van der Waals surface area contributed by atoms with Crippen LogP contribution in [0.4, 0.5) is 16.5 Å². The zero-order chi connectivity index (χ0) is 20.8. The van der Waals surface area contributed by atoms with E-state index in [0.29, 0.717) is 11.7 Å². The van der Waals surface area contributed by atoms with Gasteiger partial charge in [0.1, 0.15) is 0 Å². The summed E-state index contributed by atoms with van der Waals surface area (Å²) in [5.74, 6) is 0.665. The van der Waals surface area contributed by atoms with Crippen molar-refractivity contribution in [1.29, 1.82) is 0 Å². The molecule has 152 valence electrons. The van der Waals surface area contributed by atoms with Gasteiger partial charge in [-0.3, -0.25) is 4.79 Å². The SMILES string of the molecule is CCC(C)c1ccccc1NC(=O)CSc1nnc(Nc2cccc(C)c2C)s1. The first kappa shape index (κ1) is 21.3. The van der Waals surface area contributed by atoms with E-state index < -0.39 is 0 Å². The molecule has 0 spiro atoms. The van der Waals surface area contributed by atoms with E-state index in [4.69, 9.17) is 0 Å². The predicted molar refractivity (Wildman–Crippen MR) is 124 cm³/mol. The summed E-state index contributed by atoms with van der Waals surface area (Å²) in [6.07, 6.45) is 1.03. The Morgan fingerprint density at radius 3 is 2.66 bits per heavy atom. The normalized spacial score (nSPS) is 11.9. The first-order valence-corrected chi connectivity index (χ1v) is 11.5. The van der Waals surface area contributed by atoms with Crippen molar-refractivity contribution in [2.24, 2.45) is 0 Å². The molecule has 0 aliphatic rings. The van der Waals surface area contributed by atoms with E-state index in [0.717, 1.165) is 27.3 Å². The molecule has 0 aliphatic heterocycles. The Kier molecular flexibility index (Phi) is 7.28. The number of rotatable bonds is 8. The minimum absolute atomic E-state index is 0.0370. The largest absolute Gasteiger partial charge is 0.330 e. The van der Waals surface area contributed by atoms with E-state index >= 15 is 0 Å². The Morgan fingerprint density at radius 1 is 1.10 bits per heavy atom. The molecule has 1 unspecified atom stereocenters. The van der Waals surface area contributed by atoms with E-state index in [9.17, 15) is 4.79 Å². The highest BCUT2D eigenvalue weighted by atomic mass is 32.2. The average molecular weight is 427 g/mol. The van der Waals surface area contributed by atoms with Crippen LogP contribution in [0.2, 0.25) is 0 Å². The Bertz CT molecular complexity index is 986. The summed E-state index contributed by atoms with van der Waals surface area (Å²) < 4.78 is 0.767. The molecule has 0 saturated heterocycles. The lowest BCUT2D eigenvalue weighted by atomic mass is 9.97. The van der Waals surface area contributed by atoms with Crippen LogP contribution in [0.25, 0.3) is 0 Å². The third-order valence-corrected chi connectivity index (χ3v) is 6.93. The highest BCUT2D eigenvalue weighted by Gasteiger charge is 2.13. The Hall–Kier alpha value is -2.38. The van der Waals surface area contributed by atoms with Gasteiger partial charge in [0.05, 0.1) is 5.75 Å². The second kappa shape index (κ2) is 9.89. The summed E-state index contributed by atoms with van der Waals surface area (Å²) in [4.78, 5) is 12.4. The van der Waals surface area contributed by atoms with Gasteiger partial charge in [-0.15, -0.1) is 10.2 Å². The molecule has 2 aromatic carbocycles. The third-order valence-electron chi connectivity index (χ3n) is 4.96. The lowest BCUT2D eigenvalue weighted by Crippen LogP contribution is -2.15. The quantitative estimate of drug-likeness (QED) is 0.423. The second-order valence-corrected chi connectivity index (χ2v) is 9.18. The first-order valence-electron chi connectivity index (χ1n) is 9.66.